The van der Waals surface area contributed by atoms with Gasteiger partial charge in [-0.2, -0.15) is 16.8 Å². The van der Waals surface area contributed by atoms with E-state index in [4.69, 9.17) is 25.7 Å². The van der Waals surface area contributed by atoms with Crippen molar-refractivity contribution in [2.45, 2.75) is 23.0 Å². The molecule has 1 atom stereocenters. The molecule has 7 N–H and O–H groups in total. The largest absolute Gasteiger partial charge is 0.480 e. The summed E-state index contributed by atoms with van der Waals surface area (Å²) in [5.41, 5.74) is 7.39. The number of carboxylic acid groups (broad SMARTS) is 1. The van der Waals surface area contributed by atoms with Crippen LogP contribution in [0.4, 0.5) is 0 Å². The van der Waals surface area contributed by atoms with Crippen LogP contribution in [0.1, 0.15) is 12.8 Å². The van der Waals surface area contributed by atoms with Gasteiger partial charge in [0.2, 0.25) is 4.58 Å². The van der Waals surface area contributed by atoms with E-state index in [9.17, 15) is 21.6 Å². The number of carboxylic acids is 1. The minimum Gasteiger partial charge on any atom is -0.480 e. The molecule has 0 aliphatic heterocycles. The molecule has 0 aromatic heterocycles. The smallest absolute Gasteiger partial charge is 0.326 e. The van der Waals surface area contributed by atoms with Crippen LogP contribution < -0.4 is 11.5 Å². The van der Waals surface area contributed by atoms with Gasteiger partial charge >= 0.3 is 5.97 Å². The number of hydrogen-bond donors (Lipinski definition) is 5. The highest BCUT2D eigenvalue weighted by molar-refractivity contribution is 8.04. The molecule has 0 aromatic carbocycles. The Hall–Kier alpha value is -0.790. The molecule has 0 spiro atoms. The Morgan fingerprint density at radius 2 is 1.56 bits per heavy atom. The van der Waals surface area contributed by atoms with E-state index in [1.54, 1.807) is 0 Å². The quantitative estimate of drug-likeness (QED) is 0.316. The van der Waals surface area contributed by atoms with E-state index in [1.807, 2.05) is 0 Å². The van der Waals surface area contributed by atoms with Crippen LogP contribution in [0, 0.1) is 0 Å². The van der Waals surface area contributed by atoms with Crippen molar-refractivity contribution >= 4 is 26.2 Å². The van der Waals surface area contributed by atoms with Gasteiger partial charge in [-0.05, 0) is 19.4 Å². The lowest BCUT2D eigenvalue weighted by Crippen LogP contribution is -2.62. The molecule has 0 unspecified atom stereocenters. The molecule has 18 heavy (non-hydrogen) atoms. The highest BCUT2D eigenvalue weighted by Crippen LogP contribution is 2.25. The highest BCUT2D eigenvalue weighted by atomic mass is 32.3. The molecule has 0 saturated carbocycles. The molecule has 0 rings (SSSR count). The average Bonchev–Trinajstić information content (AvgIpc) is 2.09. The van der Waals surface area contributed by atoms with Crippen molar-refractivity contribution in [2.75, 3.05) is 6.54 Å². The molecule has 0 heterocycles. The van der Waals surface area contributed by atoms with E-state index in [1.165, 1.54) is 0 Å². The maximum atomic E-state index is 10.9. The normalized spacial score (nSPS) is 16.5. The van der Waals surface area contributed by atoms with Crippen molar-refractivity contribution in [3.8, 4) is 0 Å². The zero-order valence-electron chi connectivity index (χ0n) is 9.05. The average molecular weight is 306 g/mol. The van der Waals surface area contributed by atoms with Crippen molar-refractivity contribution < 1.29 is 35.8 Å². The number of carbonyl (C=O) groups is 1. The Labute approximate surface area is 103 Å². The first-order valence-electron chi connectivity index (χ1n) is 4.52. The summed E-state index contributed by atoms with van der Waals surface area (Å²) in [6.07, 6.45) is -0.784. The van der Waals surface area contributed by atoms with Gasteiger partial charge in [0.25, 0.3) is 20.2 Å². The first-order valence-corrected chi connectivity index (χ1v) is 7.53. The zero-order chi connectivity index (χ0) is 14.8. The molecule has 0 saturated heterocycles. The molecule has 0 radical (unpaired) electrons. The van der Waals surface area contributed by atoms with Gasteiger partial charge in [0.05, 0.1) is 0 Å². The minimum absolute atomic E-state index is 0.0874. The van der Waals surface area contributed by atoms with E-state index >= 15 is 0 Å². The van der Waals surface area contributed by atoms with Crippen molar-refractivity contribution in [1.82, 2.24) is 0 Å². The third-order valence-corrected chi connectivity index (χ3v) is 5.54. The fourth-order valence-corrected chi connectivity index (χ4v) is 4.14. The summed E-state index contributed by atoms with van der Waals surface area (Å²) in [5.74, 6) is -2.00. The molecular weight excluding hydrogens is 292 g/mol. The molecule has 12 heteroatoms. The van der Waals surface area contributed by atoms with Crippen molar-refractivity contribution in [2.24, 2.45) is 11.5 Å². The maximum Gasteiger partial charge on any atom is 0.326 e. The summed E-state index contributed by atoms with van der Waals surface area (Å²) in [6, 6.07) is 0. The lowest BCUT2D eigenvalue weighted by Gasteiger charge is -2.29. The second kappa shape index (κ2) is 5.46. The summed E-state index contributed by atoms with van der Waals surface area (Å²) in [7, 11) is -10.9. The van der Waals surface area contributed by atoms with E-state index < -0.39 is 42.7 Å². The topological polar surface area (TPSA) is 198 Å². The van der Waals surface area contributed by atoms with Crippen LogP contribution in [0.2, 0.25) is 0 Å². The van der Waals surface area contributed by atoms with E-state index in [-0.39, 0.29) is 13.0 Å². The van der Waals surface area contributed by atoms with Gasteiger partial charge in [0.15, 0.2) is 5.54 Å². The monoisotopic (exact) mass is 306 g/mol. The Bertz CT molecular complexity index is 480. The Balaban J connectivity index is 5.91. The molecule has 0 bridgehead atoms. The van der Waals surface area contributed by atoms with Crippen LogP contribution in [0.3, 0.4) is 0 Å². The van der Waals surface area contributed by atoms with Crippen LogP contribution in [0.5, 0.6) is 0 Å². The van der Waals surface area contributed by atoms with Gasteiger partial charge in [-0.25, -0.2) is 0 Å². The second-order valence-corrected chi connectivity index (χ2v) is 6.90. The second-order valence-electron chi connectivity index (χ2n) is 3.60. The molecular formula is C6H14N2O8S2. The number of aliphatic carboxylic acids is 1. The third-order valence-electron chi connectivity index (χ3n) is 2.15. The van der Waals surface area contributed by atoms with E-state index in [0.717, 1.165) is 0 Å². The van der Waals surface area contributed by atoms with Crippen molar-refractivity contribution in [3.63, 3.8) is 0 Å². The number of hydrogen-bond acceptors (Lipinski definition) is 7. The van der Waals surface area contributed by atoms with Gasteiger partial charge < -0.3 is 16.6 Å². The van der Waals surface area contributed by atoms with Gasteiger partial charge in [-0.1, -0.05) is 0 Å². The van der Waals surface area contributed by atoms with E-state index in [0.29, 0.717) is 0 Å². The summed E-state index contributed by atoms with van der Waals surface area (Å²) in [6.45, 7) is -0.0874. The summed E-state index contributed by atoms with van der Waals surface area (Å²) in [4.78, 5) is 10.9. The van der Waals surface area contributed by atoms with Gasteiger partial charge in [0, 0.05) is 0 Å². The fourth-order valence-electron chi connectivity index (χ4n) is 1.41. The molecule has 10 nitrogen and oxygen atoms in total. The zero-order valence-corrected chi connectivity index (χ0v) is 10.7. The SMILES string of the molecule is NCCC[C@](N)(C(=O)O)C(S(=O)(=O)O)S(=O)(=O)O. The van der Waals surface area contributed by atoms with Gasteiger partial charge in [-0.15, -0.1) is 0 Å². The number of nitrogens with two attached hydrogens (primary N) is 2. The molecule has 0 fully saturated rings. The van der Waals surface area contributed by atoms with Gasteiger partial charge in [-0.3, -0.25) is 13.9 Å². The summed E-state index contributed by atoms with van der Waals surface area (Å²) >= 11 is 0. The minimum atomic E-state index is -5.44. The van der Waals surface area contributed by atoms with Crippen LogP contribution in [0.25, 0.3) is 0 Å². The Morgan fingerprint density at radius 1 is 1.17 bits per heavy atom. The Kier molecular flexibility index (Phi) is 5.22. The van der Waals surface area contributed by atoms with Crippen molar-refractivity contribution in [1.29, 1.82) is 0 Å². The summed E-state index contributed by atoms with van der Waals surface area (Å²) < 4.78 is 58.2. The van der Waals surface area contributed by atoms with E-state index in [2.05, 4.69) is 0 Å². The van der Waals surface area contributed by atoms with Crippen LogP contribution in [-0.4, -0.2) is 53.7 Å². The number of rotatable bonds is 7. The predicted octanol–water partition coefficient (Wildman–Crippen LogP) is -2.39. The Morgan fingerprint density at radius 3 is 1.78 bits per heavy atom. The standard InChI is InChI=1S/C6H14N2O8S2/c7-3-1-2-6(8,4(9)10)5(17(11,12)13)18(14,15)16/h5H,1-3,7-8H2,(H,9,10)(H,11,12,13)(H,14,15,16)/t6-/m0/s1. The molecule has 0 aliphatic rings. The third kappa shape index (κ3) is 3.86. The molecule has 0 aliphatic carbocycles. The van der Waals surface area contributed by atoms with Crippen LogP contribution in [-0.2, 0) is 25.0 Å². The first-order chi connectivity index (χ1) is 7.87. The maximum absolute atomic E-state index is 10.9. The fraction of sp³-hybridized carbons (Fsp3) is 0.833. The lowest BCUT2D eigenvalue weighted by molar-refractivity contribution is -0.143. The lowest BCUT2D eigenvalue weighted by atomic mass is 9.97. The highest BCUT2D eigenvalue weighted by Gasteiger charge is 2.56. The molecule has 0 aromatic rings. The van der Waals surface area contributed by atoms with Crippen molar-refractivity contribution in [3.05, 3.63) is 0 Å². The molecule has 108 valence electrons. The van der Waals surface area contributed by atoms with Gasteiger partial charge in [0.1, 0.15) is 0 Å². The van der Waals surface area contributed by atoms with Crippen LogP contribution in [0.15, 0.2) is 0 Å². The van der Waals surface area contributed by atoms with Crippen LogP contribution >= 0.6 is 0 Å². The predicted molar refractivity (Wildman–Crippen MR) is 59.7 cm³/mol. The first kappa shape index (κ1) is 17.2. The molecule has 0 amide bonds. The summed E-state index contributed by atoms with van der Waals surface area (Å²) in [5, 5.41) is 8.84.